The summed E-state index contributed by atoms with van der Waals surface area (Å²) >= 11 is 0. The fraction of sp³-hybridized carbons (Fsp3) is 0.900. The van der Waals surface area contributed by atoms with Gasteiger partial charge in [0.25, 0.3) is 0 Å². The molecule has 0 unspecified atom stereocenters. The number of quaternary nitrogens is 1. The molecule has 0 aliphatic heterocycles. The van der Waals surface area contributed by atoms with Crippen molar-refractivity contribution >= 4 is 5.71 Å². The first-order chi connectivity index (χ1) is 5.54. The predicted molar refractivity (Wildman–Crippen MR) is 50.9 cm³/mol. The Bertz CT molecular complexity index is 212. The van der Waals surface area contributed by atoms with Crippen molar-refractivity contribution in [2.45, 2.75) is 25.7 Å². The van der Waals surface area contributed by atoms with Crippen LogP contribution in [-0.4, -0.2) is 31.4 Å². The van der Waals surface area contributed by atoms with Crippen molar-refractivity contribution in [2.24, 2.45) is 16.9 Å². The van der Waals surface area contributed by atoms with Gasteiger partial charge in [0.05, 0.1) is 26.9 Å². The Morgan fingerprint density at radius 3 is 2.42 bits per heavy atom. The van der Waals surface area contributed by atoms with Gasteiger partial charge in [-0.05, 0) is 31.6 Å². The van der Waals surface area contributed by atoms with E-state index < -0.39 is 0 Å². The molecule has 0 aromatic carbocycles. The third kappa shape index (κ3) is 1.53. The summed E-state index contributed by atoms with van der Waals surface area (Å²) in [5, 5.41) is 4.75. The second-order valence-corrected chi connectivity index (χ2v) is 5.11. The molecule has 2 nitrogen and oxygen atoms in total. The molecule has 68 valence electrons. The van der Waals surface area contributed by atoms with Gasteiger partial charge in [-0.25, -0.2) is 4.59 Å². The highest BCUT2D eigenvalue weighted by molar-refractivity contribution is 5.89. The molecule has 0 heterocycles. The van der Waals surface area contributed by atoms with Crippen LogP contribution in [0, 0.1) is 11.8 Å². The molecule has 0 saturated heterocycles. The van der Waals surface area contributed by atoms with Crippen LogP contribution in [0.2, 0.25) is 0 Å². The van der Waals surface area contributed by atoms with E-state index in [0.717, 1.165) is 16.4 Å². The lowest BCUT2D eigenvalue weighted by molar-refractivity contribution is -0.877. The topological polar surface area (TPSA) is 12.4 Å². The average Bonchev–Trinajstić information content (AvgIpc) is 2.42. The third-order valence-electron chi connectivity index (χ3n) is 2.94. The van der Waals surface area contributed by atoms with Crippen LogP contribution in [0.25, 0.3) is 0 Å². The average molecular weight is 167 g/mol. The summed E-state index contributed by atoms with van der Waals surface area (Å²) in [7, 11) is 6.41. The number of nitrogens with zero attached hydrogens (tertiary/aromatic N) is 2. The zero-order valence-corrected chi connectivity index (χ0v) is 8.38. The molecular formula is C10H19N2+. The number of hydrogen-bond donors (Lipinski definition) is 0. The summed E-state index contributed by atoms with van der Waals surface area (Å²) < 4.78 is 0.749. The van der Waals surface area contributed by atoms with E-state index in [4.69, 9.17) is 5.10 Å². The molecule has 2 aliphatic carbocycles. The zero-order chi connectivity index (χ0) is 8.77. The van der Waals surface area contributed by atoms with E-state index in [1.165, 1.54) is 31.4 Å². The van der Waals surface area contributed by atoms with E-state index >= 15 is 0 Å². The van der Waals surface area contributed by atoms with Gasteiger partial charge in [-0.3, -0.25) is 0 Å². The maximum absolute atomic E-state index is 4.75. The fourth-order valence-corrected chi connectivity index (χ4v) is 2.53. The highest BCUT2D eigenvalue weighted by atomic mass is 15.6. The van der Waals surface area contributed by atoms with Crippen LogP contribution < -0.4 is 0 Å². The Balaban J connectivity index is 2.12. The first-order valence-electron chi connectivity index (χ1n) is 4.95. The minimum Gasteiger partial charge on any atom is -0.205 e. The number of hydrogen-bond acceptors (Lipinski definition) is 1. The summed E-state index contributed by atoms with van der Waals surface area (Å²) in [4.78, 5) is 0. The molecule has 2 saturated carbocycles. The molecule has 2 aliphatic rings. The monoisotopic (exact) mass is 167 g/mol. The standard InChI is InChI=1S/C10H19N2/c1-12(2,3)11-10-7-8-4-5-9(10)6-8/h8-9H,4-7H2,1-3H3/q+1/b11-10+/t8-,9-/m1/s1. The maximum atomic E-state index is 4.75. The van der Waals surface area contributed by atoms with Crippen LogP contribution >= 0.6 is 0 Å². The van der Waals surface area contributed by atoms with E-state index in [2.05, 4.69) is 21.1 Å². The highest BCUT2D eigenvalue weighted by Gasteiger charge is 2.38. The summed E-state index contributed by atoms with van der Waals surface area (Å²) in [5.41, 5.74) is 1.50. The quantitative estimate of drug-likeness (QED) is 0.417. The van der Waals surface area contributed by atoms with Gasteiger partial charge in [0.15, 0.2) is 0 Å². The van der Waals surface area contributed by atoms with Gasteiger partial charge in [-0.2, -0.15) is 0 Å². The molecule has 2 rings (SSSR count). The van der Waals surface area contributed by atoms with Crippen molar-refractivity contribution in [1.29, 1.82) is 0 Å². The third-order valence-corrected chi connectivity index (χ3v) is 2.94. The summed E-state index contributed by atoms with van der Waals surface area (Å²) in [6.07, 6.45) is 5.59. The van der Waals surface area contributed by atoms with Crippen LogP contribution in [0.4, 0.5) is 0 Å². The molecular weight excluding hydrogens is 148 g/mol. The summed E-state index contributed by atoms with van der Waals surface area (Å²) in [6, 6.07) is 0. The molecule has 0 aromatic rings. The van der Waals surface area contributed by atoms with Gasteiger partial charge in [-0.15, -0.1) is 0 Å². The van der Waals surface area contributed by atoms with Gasteiger partial charge in [0.2, 0.25) is 0 Å². The number of fused-ring (bicyclic) bond motifs is 2. The molecule has 0 radical (unpaired) electrons. The van der Waals surface area contributed by atoms with Crippen LogP contribution in [0.3, 0.4) is 0 Å². The van der Waals surface area contributed by atoms with Crippen molar-refractivity contribution < 1.29 is 4.59 Å². The molecule has 0 aromatic heterocycles. The molecule has 12 heavy (non-hydrogen) atoms. The highest BCUT2D eigenvalue weighted by Crippen LogP contribution is 2.42. The number of rotatable bonds is 1. The first-order valence-corrected chi connectivity index (χ1v) is 4.95. The second-order valence-electron chi connectivity index (χ2n) is 5.11. The molecule has 2 atom stereocenters. The van der Waals surface area contributed by atoms with Crippen molar-refractivity contribution in [1.82, 2.24) is 0 Å². The van der Waals surface area contributed by atoms with Crippen LogP contribution in [0.5, 0.6) is 0 Å². The maximum Gasteiger partial charge on any atom is 0.0923 e. The SMILES string of the molecule is C[N+](C)(C)/N=C1\C[C@@H]2CC[C@@H]1C2. The fourth-order valence-electron chi connectivity index (χ4n) is 2.53. The molecule has 2 fully saturated rings. The Labute approximate surface area is 74.8 Å². The minimum atomic E-state index is 0.749. The van der Waals surface area contributed by atoms with E-state index in [0.29, 0.717) is 0 Å². The van der Waals surface area contributed by atoms with E-state index in [9.17, 15) is 0 Å². The van der Waals surface area contributed by atoms with Crippen molar-refractivity contribution in [3.8, 4) is 0 Å². The van der Waals surface area contributed by atoms with E-state index in [1.807, 2.05) is 0 Å². The van der Waals surface area contributed by atoms with E-state index in [-0.39, 0.29) is 0 Å². The van der Waals surface area contributed by atoms with Crippen molar-refractivity contribution in [3.63, 3.8) is 0 Å². The van der Waals surface area contributed by atoms with Gasteiger partial charge >= 0.3 is 0 Å². The smallest absolute Gasteiger partial charge is 0.0923 e. The Morgan fingerprint density at radius 1 is 1.25 bits per heavy atom. The molecule has 2 heteroatoms. The van der Waals surface area contributed by atoms with Gasteiger partial charge in [0, 0.05) is 5.92 Å². The van der Waals surface area contributed by atoms with Gasteiger partial charge in [0.1, 0.15) is 0 Å². The van der Waals surface area contributed by atoms with Crippen molar-refractivity contribution in [2.75, 3.05) is 21.1 Å². The normalized spacial score (nSPS) is 38.1. The zero-order valence-electron chi connectivity index (χ0n) is 8.38. The summed E-state index contributed by atoms with van der Waals surface area (Å²) in [5.74, 6) is 1.84. The minimum absolute atomic E-state index is 0.749. The Kier molecular flexibility index (Phi) is 1.76. The lowest BCUT2D eigenvalue weighted by Crippen LogP contribution is -2.30. The van der Waals surface area contributed by atoms with Crippen molar-refractivity contribution in [3.05, 3.63) is 0 Å². The van der Waals surface area contributed by atoms with Crippen LogP contribution in [0.15, 0.2) is 5.10 Å². The van der Waals surface area contributed by atoms with Gasteiger partial charge < -0.3 is 0 Å². The largest absolute Gasteiger partial charge is 0.205 e. The molecule has 0 spiro atoms. The lowest BCUT2D eigenvalue weighted by Gasteiger charge is -2.19. The molecule has 0 amide bonds. The second kappa shape index (κ2) is 2.56. The summed E-state index contributed by atoms with van der Waals surface area (Å²) in [6.45, 7) is 0. The van der Waals surface area contributed by atoms with E-state index in [1.54, 1.807) is 0 Å². The predicted octanol–water partition coefficient (Wildman–Crippen LogP) is 1.87. The lowest BCUT2D eigenvalue weighted by atomic mass is 9.99. The molecule has 0 N–H and O–H groups in total. The van der Waals surface area contributed by atoms with Crippen LogP contribution in [0.1, 0.15) is 25.7 Å². The van der Waals surface area contributed by atoms with Gasteiger partial charge in [-0.1, -0.05) is 5.10 Å². The molecule has 2 bridgehead atoms. The van der Waals surface area contributed by atoms with Crippen LogP contribution in [-0.2, 0) is 0 Å². The Morgan fingerprint density at radius 2 is 2.00 bits per heavy atom. The first kappa shape index (κ1) is 8.24. The Hall–Kier alpha value is -0.370.